The molecule has 0 N–H and O–H groups in total. The van der Waals surface area contributed by atoms with Crippen LogP contribution in [0.1, 0.15) is 34.4 Å². The average Bonchev–Trinajstić information content (AvgIpc) is 3.49. The Hall–Kier alpha value is -3.89. The maximum Gasteiger partial charge on any atom is 0.432 e. The predicted octanol–water partition coefficient (Wildman–Crippen LogP) is 7.09. The topological polar surface area (TPSA) is 83.0 Å². The molecule has 5 aromatic rings. The smallest absolute Gasteiger partial charge is 0.432 e. The molecule has 0 aliphatic rings. The van der Waals surface area contributed by atoms with Crippen molar-refractivity contribution in [3.8, 4) is 17.2 Å². The number of pyridine rings is 1. The van der Waals surface area contributed by atoms with Crippen LogP contribution in [0, 0.1) is 0 Å². The first-order valence-electron chi connectivity index (χ1n) is 11.3. The van der Waals surface area contributed by atoms with Crippen LogP contribution in [0.25, 0.3) is 22.4 Å². The number of hydrogen-bond donors (Lipinski definition) is 0. The van der Waals surface area contributed by atoms with Crippen molar-refractivity contribution in [1.29, 1.82) is 0 Å². The molecular weight excluding hydrogens is 544 g/mol. The molecule has 0 radical (unpaired) electrons. The first-order valence-corrected chi connectivity index (χ1v) is 12.0. The Balaban J connectivity index is 1.73. The maximum absolute atomic E-state index is 14.7. The number of alkyl halides is 3. The van der Waals surface area contributed by atoms with E-state index in [0.29, 0.717) is 21.9 Å². The summed E-state index contributed by atoms with van der Waals surface area (Å²) in [5, 5.41) is 4.22. The highest BCUT2D eigenvalue weighted by atomic mass is 35.5. The zero-order chi connectivity index (χ0) is 27.0. The Labute approximate surface area is 223 Å². The third kappa shape index (κ3) is 4.84. The minimum Gasteiger partial charge on any atom is -0.494 e. The van der Waals surface area contributed by atoms with Gasteiger partial charge in [0.25, 0.3) is 5.89 Å². The summed E-state index contributed by atoms with van der Waals surface area (Å²) < 4.78 is 55.7. The highest BCUT2D eigenvalue weighted by molar-refractivity contribution is 6.35. The normalized spacial score (nSPS) is 11.7. The van der Waals surface area contributed by atoms with Gasteiger partial charge in [0.05, 0.1) is 12.2 Å². The lowest BCUT2D eigenvalue weighted by molar-refractivity contribution is -0.143. The van der Waals surface area contributed by atoms with Gasteiger partial charge in [-0.05, 0) is 55.0 Å². The lowest BCUT2D eigenvalue weighted by Gasteiger charge is -2.15. The minimum atomic E-state index is -4.92. The highest BCUT2D eigenvalue weighted by Gasteiger charge is 2.42. The van der Waals surface area contributed by atoms with Gasteiger partial charge in [-0.3, -0.25) is 9.78 Å². The maximum atomic E-state index is 14.7. The molecule has 3 heterocycles. The summed E-state index contributed by atoms with van der Waals surface area (Å²) in [6.07, 6.45) is -1.96. The van der Waals surface area contributed by atoms with Gasteiger partial charge in [0, 0.05) is 45.5 Å². The van der Waals surface area contributed by atoms with E-state index in [4.69, 9.17) is 32.5 Å². The van der Waals surface area contributed by atoms with Crippen molar-refractivity contribution in [2.75, 3.05) is 6.61 Å². The van der Waals surface area contributed by atoms with Crippen LogP contribution in [0.3, 0.4) is 0 Å². The van der Waals surface area contributed by atoms with Crippen LogP contribution in [0.4, 0.5) is 13.2 Å². The predicted molar refractivity (Wildman–Crippen MR) is 135 cm³/mol. The number of carbonyl (C=O) groups excluding carboxylic acids is 1. The third-order valence-corrected chi connectivity index (χ3v) is 6.33. The van der Waals surface area contributed by atoms with Crippen LogP contribution in [-0.2, 0) is 12.7 Å². The monoisotopic (exact) mass is 560 g/mol. The molecule has 38 heavy (non-hydrogen) atoms. The second-order valence-corrected chi connectivity index (χ2v) is 8.99. The highest BCUT2D eigenvalue weighted by Crippen LogP contribution is 2.41. The molecule has 0 unspecified atom stereocenters. The van der Waals surface area contributed by atoms with E-state index in [-0.39, 0.29) is 35.0 Å². The number of carbonyl (C=O) groups is 1. The number of rotatable bonds is 7. The number of hydrogen-bond acceptors (Lipinski definition) is 6. The van der Waals surface area contributed by atoms with Crippen LogP contribution < -0.4 is 4.74 Å². The summed E-state index contributed by atoms with van der Waals surface area (Å²) in [6, 6.07) is 12.0. The molecule has 12 heteroatoms. The average molecular weight is 561 g/mol. The van der Waals surface area contributed by atoms with Crippen molar-refractivity contribution < 1.29 is 27.2 Å². The van der Waals surface area contributed by atoms with Gasteiger partial charge in [-0.1, -0.05) is 34.4 Å². The van der Waals surface area contributed by atoms with E-state index in [1.165, 1.54) is 48.8 Å². The molecule has 0 atom stereocenters. The van der Waals surface area contributed by atoms with Crippen molar-refractivity contribution in [2.45, 2.75) is 19.6 Å². The first-order chi connectivity index (χ1) is 18.2. The second-order valence-electron chi connectivity index (χ2n) is 8.14. The standard InChI is InChI=1S/C26H17Cl2F3N4O3/c1-2-37-17-5-6-20-18(12-17)21(22(36)24-33-25(38-34-24)14-7-9-32-10-8-14)23(26(29,30)31)35(20)13-15-3-4-16(27)11-19(15)28/h3-12H,2,13H2,1H3. The zero-order valence-electron chi connectivity index (χ0n) is 19.6. The third-order valence-electron chi connectivity index (χ3n) is 5.74. The Morgan fingerprint density at radius 2 is 1.84 bits per heavy atom. The van der Waals surface area contributed by atoms with Crippen molar-refractivity contribution in [3.05, 3.63) is 93.6 Å². The summed E-state index contributed by atoms with van der Waals surface area (Å²) in [5.74, 6) is -1.31. The lowest BCUT2D eigenvalue weighted by Crippen LogP contribution is -2.19. The Morgan fingerprint density at radius 3 is 2.53 bits per heavy atom. The molecule has 7 nitrogen and oxygen atoms in total. The molecule has 0 saturated carbocycles. The molecule has 0 fully saturated rings. The summed E-state index contributed by atoms with van der Waals surface area (Å²) in [7, 11) is 0. The SMILES string of the molecule is CCOc1ccc2c(c1)c(C(=O)c1noc(-c3ccncc3)n1)c(C(F)(F)F)n2Cc1ccc(Cl)cc1Cl. The fourth-order valence-electron chi connectivity index (χ4n) is 4.14. The molecule has 2 aromatic carbocycles. The largest absolute Gasteiger partial charge is 0.494 e. The van der Waals surface area contributed by atoms with Crippen molar-refractivity contribution >= 4 is 39.9 Å². The van der Waals surface area contributed by atoms with Crippen LogP contribution in [0.5, 0.6) is 5.75 Å². The summed E-state index contributed by atoms with van der Waals surface area (Å²) in [4.78, 5) is 21.6. The first kappa shape index (κ1) is 25.7. The zero-order valence-corrected chi connectivity index (χ0v) is 21.1. The number of nitrogens with zero attached hydrogens (tertiary/aromatic N) is 4. The van der Waals surface area contributed by atoms with Crippen LogP contribution in [-0.4, -0.2) is 32.1 Å². The number of aromatic nitrogens is 4. The van der Waals surface area contributed by atoms with Gasteiger partial charge in [0.15, 0.2) is 0 Å². The molecular formula is C26H17Cl2F3N4O3. The Bertz CT molecular complexity index is 1650. The van der Waals surface area contributed by atoms with Gasteiger partial charge >= 0.3 is 6.18 Å². The lowest BCUT2D eigenvalue weighted by atomic mass is 10.0. The van der Waals surface area contributed by atoms with Gasteiger partial charge in [-0.15, -0.1) is 0 Å². The van der Waals surface area contributed by atoms with Gasteiger partial charge in [-0.2, -0.15) is 18.2 Å². The molecule has 0 bridgehead atoms. The van der Waals surface area contributed by atoms with Crippen molar-refractivity contribution in [3.63, 3.8) is 0 Å². The number of benzene rings is 2. The molecule has 0 aliphatic carbocycles. The number of halogens is 5. The summed E-state index contributed by atoms with van der Waals surface area (Å²) >= 11 is 12.3. The summed E-state index contributed by atoms with van der Waals surface area (Å²) in [5.41, 5.74) is -0.812. The molecule has 0 spiro atoms. The fraction of sp³-hybridized carbons (Fsp3) is 0.154. The van der Waals surface area contributed by atoms with Gasteiger partial charge in [0.1, 0.15) is 11.4 Å². The molecule has 0 saturated heterocycles. The van der Waals surface area contributed by atoms with Crippen LogP contribution >= 0.6 is 23.2 Å². The quantitative estimate of drug-likeness (QED) is 0.197. The van der Waals surface area contributed by atoms with E-state index in [1.807, 2.05) is 0 Å². The molecule has 5 rings (SSSR count). The van der Waals surface area contributed by atoms with Gasteiger partial charge < -0.3 is 13.8 Å². The van der Waals surface area contributed by atoms with Crippen molar-refractivity contribution in [1.82, 2.24) is 19.7 Å². The second kappa shape index (κ2) is 10.1. The Kier molecular flexibility index (Phi) is 6.85. The number of fused-ring (bicyclic) bond motifs is 1. The molecule has 0 amide bonds. The van der Waals surface area contributed by atoms with Crippen LogP contribution in [0.2, 0.25) is 10.0 Å². The van der Waals surface area contributed by atoms with Crippen molar-refractivity contribution in [2.24, 2.45) is 0 Å². The van der Waals surface area contributed by atoms with E-state index in [9.17, 15) is 18.0 Å². The van der Waals surface area contributed by atoms with E-state index in [0.717, 1.165) is 4.57 Å². The van der Waals surface area contributed by atoms with E-state index in [2.05, 4.69) is 15.1 Å². The minimum absolute atomic E-state index is 0.0219. The van der Waals surface area contributed by atoms with E-state index < -0.39 is 29.0 Å². The molecule has 3 aromatic heterocycles. The molecule has 194 valence electrons. The number of ether oxygens (including phenoxy) is 1. The molecule has 0 aliphatic heterocycles. The van der Waals surface area contributed by atoms with E-state index >= 15 is 0 Å². The summed E-state index contributed by atoms with van der Waals surface area (Å²) in [6.45, 7) is 1.74. The van der Waals surface area contributed by atoms with Crippen LogP contribution in [0.15, 0.2) is 65.4 Å². The van der Waals surface area contributed by atoms with E-state index in [1.54, 1.807) is 19.1 Å². The number of ketones is 1. The van der Waals surface area contributed by atoms with Gasteiger partial charge in [-0.25, -0.2) is 0 Å². The fourth-order valence-corrected chi connectivity index (χ4v) is 4.61. The van der Waals surface area contributed by atoms with Gasteiger partial charge in [0.2, 0.25) is 11.6 Å². The Morgan fingerprint density at radius 1 is 1.08 bits per heavy atom.